The minimum absolute atomic E-state index is 0.230. The van der Waals surface area contributed by atoms with Crippen molar-refractivity contribution < 1.29 is 27.1 Å². The van der Waals surface area contributed by atoms with Crippen molar-refractivity contribution in [3.63, 3.8) is 0 Å². The third kappa shape index (κ3) is 2.65. The Morgan fingerprint density at radius 3 is 2.27 bits per heavy atom. The number of alkyl halides is 4. The number of hydrogen-bond donors (Lipinski definition) is 1. The van der Waals surface area contributed by atoms with Gasteiger partial charge in [-0.15, -0.1) is 0 Å². The van der Waals surface area contributed by atoms with Gasteiger partial charge in [0.05, 0.1) is 5.56 Å². The molecule has 0 amide bonds. The smallest absolute Gasteiger partial charge is 0.386 e. The van der Waals surface area contributed by atoms with Gasteiger partial charge in [-0.1, -0.05) is 6.07 Å². The molecule has 1 N–H and O–H groups in total. The van der Waals surface area contributed by atoms with Gasteiger partial charge in [-0.05, 0) is 12.1 Å². The first-order valence-electron chi connectivity index (χ1n) is 3.97. The number of aliphatic hydroxyl groups is 1. The van der Waals surface area contributed by atoms with E-state index in [9.17, 15) is 22.0 Å². The number of hydrogen-bond acceptors (Lipinski definition) is 1. The van der Waals surface area contributed by atoms with E-state index in [1.165, 1.54) is 0 Å². The molecule has 1 aromatic carbocycles. The number of aliphatic hydroxyl groups excluding tert-OH is 1. The van der Waals surface area contributed by atoms with Gasteiger partial charge in [-0.2, -0.15) is 13.2 Å². The van der Waals surface area contributed by atoms with Crippen LogP contribution in [0.3, 0.4) is 0 Å². The van der Waals surface area contributed by atoms with Crippen LogP contribution in [0.4, 0.5) is 22.0 Å². The highest BCUT2D eigenvalue weighted by Crippen LogP contribution is 2.31. The summed E-state index contributed by atoms with van der Waals surface area (Å²) in [5, 5.41) is 8.91. The lowest BCUT2D eigenvalue weighted by atomic mass is 10.1. The summed E-state index contributed by atoms with van der Waals surface area (Å²) in [5.41, 5.74) is -1.65. The molecule has 1 unspecified atom stereocenters. The minimum atomic E-state index is -4.65. The van der Waals surface area contributed by atoms with Crippen LogP contribution in [0.15, 0.2) is 18.2 Å². The highest BCUT2D eigenvalue weighted by Gasteiger charge is 2.31. The molecule has 1 rings (SSSR count). The maximum atomic E-state index is 13.0. The Morgan fingerprint density at radius 1 is 1.27 bits per heavy atom. The zero-order chi connectivity index (χ0) is 11.6. The Balaban J connectivity index is 3.09. The Bertz CT molecular complexity index is 347. The van der Waals surface area contributed by atoms with Crippen LogP contribution in [0.1, 0.15) is 17.2 Å². The van der Waals surface area contributed by atoms with E-state index in [1.807, 2.05) is 0 Å². The Hall–Kier alpha value is -1.17. The largest absolute Gasteiger partial charge is 0.416 e. The molecule has 0 aliphatic rings. The molecule has 0 aliphatic carbocycles. The summed E-state index contributed by atoms with van der Waals surface area (Å²) >= 11 is 0. The van der Waals surface area contributed by atoms with Crippen molar-refractivity contribution in [1.82, 2.24) is 0 Å². The van der Waals surface area contributed by atoms with Crippen LogP contribution < -0.4 is 0 Å². The fourth-order valence-electron chi connectivity index (χ4n) is 1.06. The second kappa shape index (κ2) is 4.14. The highest BCUT2D eigenvalue weighted by molar-refractivity contribution is 5.27. The SMILES string of the molecule is OC(CF)c1ccc(C(F)(F)F)cc1F. The summed E-state index contributed by atoms with van der Waals surface area (Å²) < 4.78 is 61.2. The summed E-state index contributed by atoms with van der Waals surface area (Å²) in [5.74, 6) is -1.27. The van der Waals surface area contributed by atoms with Crippen molar-refractivity contribution in [3.05, 3.63) is 35.1 Å². The fourth-order valence-corrected chi connectivity index (χ4v) is 1.06. The third-order valence-electron chi connectivity index (χ3n) is 1.83. The molecule has 1 aromatic rings. The highest BCUT2D eigenvalue weighted by atomic mass is 19.4. The number of rotatable bonds is 2. The summed E-state index contributed by atoms with van der Waals surface area (Å²) in [6.07, 6.45) is -6.38. The standard InChI is InChI=1S/C9H7F5O/c10-4-8(15)6-2-1-5(3-7(6)11)9(12,13)14/h1-3,8,15H,4H2. The van der Waals surface area contributed by atoms with E-state index < -0.39 is 35.9 Å². The van der Waals surface area contributed by atoms with E-state index in [-0.39, 0.29) is 6.07 Å². The predicted molar refractivity (Wildman–Crippen MR) is 42.3 cm³/mol. The third-order valence-corrected chi connectivity index (χ3v) is 1.83. The average molecular weight is 226 g/mol. The van der Waals surface area contributed by atoms with Crippen molar-refractivity contribution >= 4 is 0 Å². The molecule has 6 heteroatoms. The van der Waals surface area contributed by atoms with Gasteiger partial charge in [0.15, 0.2) is 0 Å². The first-order valence-corrected chi connectivity index (χ1v) is 3.97. The van der Waals surface area contributed by atoms with Crippen molar-refractivity contribution in [2.45, 2.75) is 12.3 Å². The summed E-state index contributed by atoms with van der Waals surface area (Å²) in [6, 6.07) is 1.55. The first-order chi connectivity index (χ1) is 6.86. The van der Waals surface area contributed by atoms with Crippen LogP contribution in [-0.4, -0.2) is 11.8 Å². The molecular formula is C9H7F5O. The maximum absolute atomic E-state index is 13.0. The average Bonchev–Trinajstić information content (AvgIpc) is 2.15. The molecular weight excluding hydrogens is 219 g/mol. The van der Waals surface area contributed by atoms with Gasteiger partial charge in [0.2, 0.25) is 0 Å². The number of benzene rings is 1. The zero-order valence-electron chi connectivity index (χ0n) is 7.35. The van der Waals surface area contributed by atoms with Crippen LogP contribution in [0.2, 0.25) is 0 Å². The lowest BCUT2D eigenvalue weighted by Gasteiger charge is -2.11. The summed E-state index contributed by atoms with van der Waals surface area (Å²) in [4.78, 5) is 0. The van der Waals surface area contributed by atoms with Gasteiger partial charge < -0.3 is 5.11 Å². The van der Waals surface area contributed by atoms with Gasteiger partial charge in [0, 0.05) is 5.56 Å². The topological polar surface area (TPSA) is 20.2 Å². The Kier molecular flexibility index (Phi) is 3.28. The lowest BCUT2D eigenvalue weighted by molar-refractivity contribution is -0.137. The Labute approximate surface area is 82.1 Å². The van der Waals surface area contributed by atoms with Gasteiger partial charge in [0.25, 0.3) is 0 Å². The molecule has 0 bridgehead atoms. The molecule has 0 fully saturated rings. The monoisotopic (exact) mass is 226 g/mol. The van der Waals surface area contributed by atoms with Gasteiger partial charge in [-0.25, -0.2) is 8.78 Å². The molecule has 84 valence electrons. The summed E-state index contributed by atoms with van der Waals surface area (Å²) in [7, 11) is 0. The van der Waals surface area contributed by atoms with Crippen LogP contribution in [-0.2, 0) is 6.18 Å². The van der Waals surface area contributed by atoms with Crippen LogP contribution in [0.25, 0.3) is 0 Å². The maximum Gasteiger partial charge on any atom is 0.416 e. The molecule has 1 nitrogen and oxygen atoms in total. The van der Waals surface area contributed by atoms with E-state index in [4.69, 9.17) is 5.11 Å². The molecule has 15 heavy (non-hydrogen) atoms. The minimum Gasteiger partial charge on any atom is -0.386 e. The Morgan fingerprint density at radius 2 is 1.87 bits per heavy atom. The van der Waals surface area contributed by atoms with Crippen LogP contribution >= 0.6 is 0 Å². The second-order valence-corrected chi connectivity index (χ2v) is 2.90. The van der Waals surface area contributed by atoms with Crippen molar-refractivity contribution in [1.29, 1.82) is 0 Å². The lowest BCUT2D eigenvalue weighted by Crippen LogP contribution is -2.08. The molecule has 0 radical (unpaired) electrons. The van der Waals surface area contributed by atoms with E-state index in [0.29, 0.717) is 6.07 Å². The molecule has 0 heterocycles. The van der Waals surface area contributed by atoms with Gasteiger partial charge in [0.1, 0.15) is 18.6 Å². The molecule has 0 aromatic heterocycles. The zero-order valence-corrected chi connectivity index (χ0v) is 7.35. The van der Waals surface area contributed by atoms with Crippen LogP contribution in [0.5, 0.6) is 0 Å². The van der Waals surface area contributed by atoms with Crippen molar-refractivity contribution in [3.8, 4) is 0 Å². The van der Waals surface area contributed by atoms with E-state index in [1.54, 1.807) is 0 Å². The normalized spacial score (nSPS) is 14.0. The predicted octanol–water partition coefficient (Wildman–Crippen LogP) is 2.85. The summed E-state index contributed by atoms with van der Waals surface area (Å²) in [6.45, 7) is -1.25. The number of halogens is 5. The second-order valence-electron chi connectivity index (χ2n) is 2.90. The van der Waals surface area contributed by atoms with E-state index >= 15 is 0 Å². The van der Waals surface area contributed by atoms with Gasteiger partial charge >= 0.3 is 6.18 Å². The fraction of sp³-hybridized carbons (Fsp3) is 0.333. The molecule has 0 spiro atoms. The van der Waals surface area contributed by atoms with E-state index in [0.717, 1.165) is 6.07 Å². The molecule has 1 atom stereocenters. The van der Waals surface area contributed by atoms with Crippen LogP contribution in [0, 0.1) is 5.82 Å². The molecule has 0 aliphatic heterocycles. The molecule has 0 saturated heterocycles. The molecule has 0 saturated carbocycles. The first kappa shape index (κ1) is 11.9. The van der Waals surface area contributed by atoms with Crippen molar-refractivity contribution in [2.75, 3.05) is 6.67 Å². The van der Waals surface area contributed by atoms with Gasteiger partial charge in [-0.3, -0.25) is 0 Å². The quantitative estimate of drug-likeness (QED) is 0.769. The van der Waals surface area contributed by atoms with E-state index in [2.05, 4.69) is 0 Å². The van der Waals surface area contributed by atoms with Crippen molar-refractivity contribution in [2.24, 2.45) is 0 Å².